The number of nitrogens with one attached hydrogen (secondary N) is 1. The molecule has 0 aliphatic rings. The van der Waals surface area contributed by atoms with E-state index in [9.17, 15) is 9.59 Å². The van der Waals surface area contributed by atoms with Crippen molar-refractivity contribution in [3.05, 3.63) is 57.4 Å². The summed E-state index contributed by atoms with van der Waals surface area (Å²) in [6.45, 7) is 3.74. The van der Waals surface area contributed by atoms with Gasteiger partial charge in [0.05, 0.1) is 12.7 Å². The van der Waals surface area contributed by atoms with Crippen LogP contribution in [-0.4, -0.2) is 24.0 Å². The summed E-state index contributed by atoms with van der Waals surface area (Å²) in [4.78, 5) is 29.9. The Kier molecular flexibility index (Phi) is 4.96. The van der Waals surface area contributed by atoms with Crippen molar-refractivity contribution in [2.75, 3.05) is 12.4 Å². The van der Waals surface area contributed by atoms with E-state index in [0.29, 0.717) is 16.3 Å². The van der Waals surface area contributed by atoms with Crippen LogP contribution < -0.4 is 5.32 Å². The lowest BCUT2D eigenvalue weighted by Gasteiger charge is -2.04. The van der Waals surface area contributed by atoms with Gasteiger partial charge >= 0.3 is 5.97 Å². The van der Waals surface area contributed by atoms with Gasteiger partial charge in [0.2, 0.25) is 0 Å². The summed E-state index contributed by atoms with van der Waals surface area (Å²) in [6, 6.07) is 9.68. The number of benzene rings is 1. The summed E-state index contributed by atoms with van der Waals surface area (Å²) in [6.07, 6.45) is 0. The van der Waals surface area contributed by atoms with Crippen molar-refractivity contribution in [3.8, 4) is 10.6 Å². The molecule has 0 spiro atoms. The average molecular weight is 372 g/mol. The van der Waals surface area contributed by atoms with E-state index in [-0.39, 0.29) is 5.91 Å². The Morgan fingerprint density at radius 3 is 2.56 bits per heavy atom. The smallest absolute Gasteiger partial charge is 0.341 e. The third-order valence-corrected chi connectivity index (χ3v) is 5.77. The molecule has 0 fully saturated rings. The number of carbonyl (C=O) groups excluding carboxylic acids is 2. The SMILES string of the molecule is COC(=O)c1c(NC(=O)c2csc(-c3ccccc3)n2)sc(C)c1C. The summed E-state index contributed by atoms with van der Waals surface area (Å²) in [5.41, 5.74) is 2.50. The molecule has 1 amide bonds. The van der Waals surface area contributed by atoms with Gasteiger partial charge in [-0.3, -0.25) is 4.79 Å². The zero-order valence-electron chi connectivity index (χ0n) is 14.0. The highest BCUT2D eigenvalue weighted by atomic mass is 32.1. The van der Waals surface area contributed by atoms with Crippen LogP contribution in [0.15, 0.2) is 35.7 Å². The number of anilines is 1. The van der Waals surface area contributed by atoms with Crippen molar-refractivity contribution >= 4 is 39.6 Å². The van der Waals surface area contributed by atoms with Gasteiger partial charge in [0.25, 0.3) is 5.91 Å². The Morgan fingerprint density at radius 1 is 1.16 bits per heavy atom. The van der Waals surface area contributed by atoms with Crippen molar-refractivity contribution in [1.82, 2.24) is 4.98 Å². The third kappa shape index (κ3) is 3.47. The molecule has 2 aromatic heterocycles. The highest BCUT2D eigenvalue weighted by Gasteiger charge is 2.22. The number of aryl methyl sites for hydroxylation is 1. The lowest BCUT2D eigenvalue weighted by atomic mass is 10.1. The zero-order chi connectivity index (χ0) is 18.0. The second-order valence-electron chi connectivity index (χ2n) is 5.34. The molecule has 0 aliphatic heterocycles. The van der Waals surface area contributed by atoms with Crippen molar-refractivity contribution in [2.24, 2.45) is 0 Å². The molecule has 128 valence electrons. The van der Waals surface area contributed by atoms with Crippen LogP contribution in [0.25, 0.3) is 10.6 Å². The Balaban J connectivity index is 1.85. The van der Waals surface area contributed by atoms with Crippen molar-refractivity contribution in [1.29, 1.82) is 0 Å². The summed E-state index contributed by atoms with van der Waals surface area (Å²) >= 11 is 2.76. The molecule has 7 heteroatoms. The number of carbonyl (C=O) groups is 2. The molecule has 0 saturated carbocycles. The van der Waals surface area contributed by atoms with E-state index in [2.05, 4.69) is 10.3 Å². The normalized spacial score (nSPS) is 10.5. The average Bonchev–Trinajstić information content (AvgIpc) is 3.21. The first-order valence-electron chi connectivity index (χ1n) is 7.52. The van der Waals surface area contributed by atoms with Crippen molar-refractivity contribution in [2.45, 2.75) is 13.8 Å². The Morgan fingerprint density at radius 2 is 1.88 bits per heavy atom. The van der Waals surface area contributed by atoms with Gasteiger partial charge in [-0.25, -0.2) is 9.78 Å². The van der Waals surface area contributed by atoms with Gasteiger partial charge in [-0.2, -0.15) is 0 Å². The van der Waals surface area contributed by atoms with E-state index in [0.717, 1.165) is 21.0 Å². The van der Waals surface area contributed by atoms with E-state index in [4.69, 9.17) is 4.74 Å². The highest BCUT2D eigenvalue weighted by Crippen LogP contribution is 2.33. The molecule has 25 heavy (non-hydrogen) atoms. The quantitative estimate of drug-likeness (QED) is 0.683. The van der Waals surface area contributed by atoms with Gasteiger partial charge in [0.1, 0.15) is 15.7 Å². The molecule has 3 rings (SSSR count). The number of nitrogens with zero attached hydrogens (tertiary/aromatic N) is 1. The van der Waals surface area contributed by atoms with Crippen LogP contribution in [0.5, 0.6) is 0 Å². The zero-order valence-corrected chi connectivity index (χ0v) is 15.6. The Labute approximate surface area is 153 Å². The van der Waals surface area contributed by atoms with Crippen molar-refractivity contribution in [3.63, 3.8) is 0 Å². The first-order chi connectivity index (χ1) is 12.0. The van der Waals surface area contributed by atoms with Gasteiger partial charge in [0, 0.05) is 15.8 Å². The lowest BCUT2D eigenvalue weighted by Crippen LogP contribution is -2.14. The van der Waals surface area contributed by atoms with Crippen LogP contribution in [0.3, 0.4) is 0 Å². The molecule has 1 aromatic carbocycles. The van der Waals surface area contributed by atoms with E-state index in [1.807, 2.05) is 44.2 Å². The number of thiophene rings is 1. The van der Waals surface area contributed by atoms with E-state index in [1.54, 1.807) is 5.38 Å². The number of rotatable bonds is 4. The lowest BCUT2D eigenvalue weighted by molar-refractivity contribution is 0.0601. The standard InChI is InChI=1S/C18H16N2O3S2/c1-10-11(2)25-17(14(10)18(22)23-3)20-15(21)13-9-24-16(19-13)12-7-5-4-6-8-12/h4-9H,1-3H3,(H,20,21). The second-order valence-corrected chi connectivity index (χ2v) is 7.42. The van der Waals surface area contributed by atoms with E-state index >= 15 is 0 Å². The van der Waals surface area contributed by atoms with Crippen molar-refractivity contribution < 1.29 is 14.3 Å². The summed E-state index contributed by atoms with van der Waals surface area (Å²) in [5.74, 6) is -0.801. The van der Waals surface area contributed by atoms with Crippen LogP contribution in [-0.2, 0) is 4.74 Å². The molecule has 0 atom stereocenters. The molecular weight excluding hydrogens is 356 g/mol. The molecule has 1 N–H and O–H groups in total. The predicted molar refractivity (Wildman–Crippen MR) is 101 cm³/mol. The predicted octanol–water partition coefficient (Wildman–Crippen LogP) is 4.53. The Hall–Kier alpha value is -2.51. The van der Waals surface area contributed by atoms with E-state index < -0.39 is 5.97 Å². The number of esters is 1. The van der Waals surface area contributed by atoms with Crippen LogP contribution in [0.4, 0.5) is 5.00 Å². The largest absolute Gasteiger partial charge is 0.465 e. The molecule has 5 nitrogen and oxygen atoms in total. The number of methoxy groups -OCH3 is 1. The first kappa shape index (κ1) is 17.3. The van der Waals surface area contributed by atoms with Gasteiger partial charge in [-0.15, -0.1) is 22.7 Å². The van der Waals surface area contributed by atoms with Gasteiger partial charge in [0.15, 0.2) is 0 Å². The van der Waals surface area contributed by atoms with Gasteiger partial charge in [-0.1, -0.05) is 30.3 Å². The summed E-state index contributed by atoms with van der Waals surface area (Å²) < 4.78 is 4.82. The van der Waals surface area contributed by atoms with Crippen LogP contribution in [0.1, 0.15) is 31.3 Å². The number of ether oxygens (including phenoxy) is 1. The Bertz CT molecular complexity index is 929. The highest BCUT2D eigenvalue weighted by molar-refractivity contribution is 7.17. The molecule has 0 radical (unpaired) electrons. The van der Waals surface area contributed by atoms with E-state index in [1.165, 1.54) is 29.8 Å². The monoisotopic (exact) mass is 372 g/mol. The number of hydrogen-bond donors (Lipinski definition) is 1. The maximum absolute atomic E-state index is 12.5. The van der Waals surface area contributed by atoms with Crippen LogP contribution >= 0.6 is 22.7 Å². The number of amides is 1. The molecule has 0 unspecified atom stereocenters. The fourth-order valence-electron chi connectivity index (χ4n) is 2.32. The van der Waals surface area contributed by atoms with Crippen LogP contribution in [0.2, 0.25) is 0 Å². The molecule has 0 aliphatic carbocycles. The molecule has 0 bridgehead atoms. The number of aromatic nitrogens is 1. The maximum atomic E-state index is 12.5. The number of hydrogen-bond acceptors (Lipinski definition) is 6. The van der Waals surface area contributed by atoms with Crippen LogP contribution in [0, 0.1) is 13.8 Å². The minimum Gasteiger partial charge on any atom is -0.465 e. The first-order valence-corrected chi connectivity index (χ1v) is 9.21. The molecule has 0 saturated heterocycles. The molecular formula is C18H16N2O3S2. The van der Waals surface area contributed by atoms with Gasteiger partial charge < -0.3 is 10.1 Å². The third-order valence-electron chi connectivity index (χ3n) is 3.76. The fraction of sp³-hybridized carbons (Fsp3) is 0.167. The fourth-order valence-corrected chi connectivity index (χ4v) is 4.17. The minimum absolute atomic E-state index is 0.323. The summed E-state index contributed by atoms with van der Waals surface area (Å²) in [5, 5.41) is 5.77. The number of thiazole rings is 1. The minimum atomic E-state index is -0.458. The molecule has 2 heterocycles. The second kappa shape index (κ2) is 7.16. The molecule has 3 aromatic rings. The maximum Gasteiger partial charge on any atom is 0.341 e. The van der Waals surface area contributed by atoms with Gasteiger partial charge in [-0.05, 0) is 19.4 Å². The summed E-state index contributed by atoms with van der Waals surface area (Å²) in [7, 11) is 1.33. The topological polar surface area (TPSA) is 68.3 Å².